The molecule has 0 aromatic heterocycles. The molecule has 1 fully saturated rings. The molecule has 0 aromatic carbocycles. The summed E-state index contributed by atoms with van der Waals surface area (Å²) in [4.78, 5) is 68.9. The number of amides is 1. The van der Waals surface area contributed by atoms with E-state index >= 15 is 0 Å². The first-order chi connectivity index (χ1) is 22.8. The van der Waals surface area contributed by atoms with E-state index in [0.29, 0.717) is 52.4 Å². The number of aliphatic carboxylic acids is 1. The molecule has 1 rings (SSSR count). The molecule has 1 atom stereocenters. The largest absolute Gasteiger partial charge is 0.480 e. The van der Waals surface area contributed by atoms with Crippen LogP contribution >= 0.6 is 0 Å². The Kier molecular flexibility index (Phi) is 32.8. The van der Waals surface area contributed by atoms with E-state index in [1.165, 1.54) is 6.92 Å². The van der Waals surface area contributed by atoms with Gasteiger partial charge in [0.2, 0.25) is 5.91 Å². The smallest absolute Gasteiger partial charge is 0.322 e. The zero-order chi connectivity index (χ0) is 39.4. The zero-order valence-electron chi connectivity index (χ0n) is 34.2. The van der Waals surface area contributed by atoms with Crippen molar-refractivity contribution in [3.8, 4) is 0 Å². The standard InChI is InChI=1S/C28H51N5O8.4C2H6/c1-21(34)18-30-9-10-31(19-24(37)40-27(3,4)5)11-12-32(20-25(38)41-28(6,7)8)14-16-33(15-13-30)22(2)26(39)29-17-23(35)36;4*1-2/h22H,9-20H2,1-8H3,(H,29,39)(H,35,36);4*1-2H3. The minimum atomic E-state index is -1.13. The highest BCUT2D eigenvalue weighted by Gasteiger charge is 2.27. The summed E-state index contributed by atoms with van der Waals surface area (Å²) in [5.74, 6) is -2.28. The number of nitrogens with one attached hydrogen (secondary N) is 1. The molecule has 0 saturated carbocycles. The van der Waals surface area contributed by atoms with Gasteiger partial charge in [0.15, 0.2) is 0 Å². The molecular formula is C36H75N5O8. The summed E-state index contributed by atoms with van der Waals surface area (Å²) < 4.78 is 11.1. The third-order valence-corrected chi connectivity index (χ3v) is 6.20. The Morgan fingerprint density at radius 1 is 0.612 bits per heavy atom. The van der Waals surface area contributed by atoms with Crippen molar-refractivity contribution >= 4 is 29.6 Å². The summed E-state index contributed by atoms with van der Waals surface area (Å²) in [6.45, 7) is 33.5. The highest BCUT2D eigenvalue weighted by molar-refractivity contribution is 5.84. The predicted molar refractivity (Wildman–Crippen MR) is 199 cm³/mol. The van der Waals surface area contributed by atoms with Crippen LogP contribution in [0, 0.1) is 0 Å². The summed E-state index contributed by atoms with van der Waals surface area (Å²) in [6, 6.07) is -0.636. The van der Waals surface area contributed by atoms with Gasteiger partial charge in [-0.2, -0.15) is 0 Å². The molecule has 49 heavy (non-hydrogen) atoms. The molecule has 0 aliphatic carbocycles. The number of nitrogens with zero attached hydrogens (tertiary/aromatic N) is 4. The molecule has 1 aliphatic rings. The Hall–Kier alpha value is -2.61. The Morgan fingerprint density at radius 3 is 1.20 bits per heavy atom. The van der Waals surface area contributed by atoms with Gasteiger partial charge in [-0.3, -0.25) is 43.6 Å². The van der Waals surface area contributed by atoms with Crippen LogP contribution in [-0.2, 0) is 33.4 Å². The fourth-order valence-electron chi connectivity index (χ4n) is 4.32. The molecule has 1 unspecified atom stereocenters. The second kappa shape index (κ2) is 30.2. The molecule has 1 heterocycles. The van der Waals surface area contributed by atoms with Gasteiger partial charge in [-0.1, -0.05) is 55.4 Å². The molecule has 0 aromatic rings. The molecule has 1 saturated heterocycles. The summed E-state index contributed by atoms with van der Waals surface area (Å²) in [5, 5.41) is 11.4. The highest BCUT2D eigenvalue weighted by Crippen LogP contribution is 2.11. The van der Waals surface area contributed by atoms with Crippen LogP contribution in [0.4, 0.5) is 0 Å². The van der Waals surface area contributed by atoms with Crippen LogP contribution in [0.5, 0.6) is 0 Å². The molecule has 13 heteroatoms. The normalized spacial score (nSPS) is 15.9. The molecule has 292 valence electrons. The van der Waals surface area contributed by atoms with Crippen molar-refractivity contribution in [2.75, 3.05) is 78.5 Å². The maximum absolute atomic E-state index is 12.7. The summed E-state index contributed by atoms with van der Waals surface area (Å²) >= 11 is 0. The lowest BCUT2D eigenvalue weighted by Crippen LogP contribution is -2.53. The number of ketones is 1. The van der Waals surface area contributed by atoms with E-state index in [1.807, 2.05) is 95.8 Å². The molecular weight excluding hydrogens is 630 g/mol. The van der Waals surface area contributed by atoms with Crippen LogP contribution in [0.1, 0.15) is 111 Å². The minimum absolute atomic E-state index is 0.00174. The van der Waals surface area contributed by atoms with Gasteiger partial charge in [0.25, 0.3) is 0 Å². The summed E-state index contributed by atoms with van der Waals surface area (Å²) in [6.07, 6.45) is 0. The first kappa shape index (κ1) is 53.2. The quantitative estimate of drug-likeness (QED) is 0.314. The molecule has 0 radical (unpaired) electrons. The van der Waals surface area contributed by atoms with Crippen LogP contribution in [0.2, 0.25) is 0 Å². The topological polar surface area (TPSA) is 149 Å². The number of rotatable bonds is 10. The van der Waals surface area contributed by atoms with Crippen LogP contribution in [0.3, 0.4) is 0 Å². The van der Waals surface area contributed by atoms with Crippen LogP contribution < -0.4 is 5.32 Å². The Labute approximate surface area is 299 Å². The first-order valence-corrected chi connectivity index (χ1v) is 18.2. The van der Waals surface area contributed by atoms with E-state index in [9.17, 15) is 24.0 Å². The maximum atomic E-state index is 12.7. The molecule has 1 amide bonds. The van der Waals surface area contributed by atoms with Crippen molar-refractivity contribution in [1.82, 2.24) is 24.9 Å². The van der Waals surface area contributed by atoms with Gasteiger partial charge in [0.05, 0.1) is 25.7 Å². The first-order valence-electron chi connectivity index (χ1n) is 18.2. The predicted octanol–water partition coefficient (Wildman–Crippen LogP) is 4.17. The lowest BCUT2D eigenvalue weighted by atomic mass is 10.2. The van der Waals surface area contributed by atoms with E-state index in [2.05, 4.69) is 5.32 Å². The minimum Gasteiger partial charge on any atom is -0.480 e. The number of ether oxygens (including phenoxy) is 2. The average molecular weight is 706 g/mol. The molecule has 13 nitrogen and oxygen atoms in total. The van der Waals surface area contributed by atoms with Gasteiger partial charge in [-0.25, -0.2) is 0 Å². The van der Waals surface area contributed by atoms with Crippen molar-refractivity contribution < 1.29 is 38.6 Å². The number of esters is 2. The van der Waals surface area contributed by atoms with Crippen molar-refractivity contribution in [1.29, 1.82) is 0 Å². The maximum Gasteiger partial charge on any atom is 0.322 e. The lowest BCUT2D eigenvalue weighted by molar-refractivity contribution is -0.158. The second-order valence-electron chi connectivity index (χ2n) is 12.5. The third-order valence-electron chi connectivity index (χ3n) is 6.20. The van der Waals surface area contributed by atoms with Gasteiger partial charge in [0, 0.05) is 52.4 Å². The van der Waals surface area contributed by atoms with E-state index in [4.69, 9.17) is 14.6 Å². The number of carbonyl (C=O) groups excluding carboxylic acids is 4. The Morgan fingerprint density at radius 2 is 0.918 bits per heavy atom. The molecule has 0 bridgehead atoms. The summed E-state index contributed by atoms with van der Waals surface area (Å²) in [5.41, 5.74) is -1.26. The van der Waals surface area contributed by atoms with Crippen molar-refractivity contribution in [3.63, 3.8) is 0 Å². The fourth-order valence-corrected chi connectivity index (χ4v) is 4.32. The number of carboxylic acids is 1. The Balaban J connectivity index is -0.00000117. The zero-order valence-corrected chi connectivity index (χ0v) is 34.2. The number of carbonyl (C=O) groups is 5. The number of carboxylic acid groups (broad SMARTS) is 1. The number of Topliss-reactive ketones (excluding diaryl/α,β-unsaturated/α-hetero) is 1. The second-order valence-corrected chi connectivity index (χ2v) is 12.5. The lowest BCUT2D eigenvalue weighted by Gasteiger charge is -2.35. The van der Waals surface area contributed by atoms with Crippen molar-refractivity contribution in [2.24, 2.45) is 0 Å². The van der Waals surface area contributed by atoms with Gasteiger partial charge in [-0.15, -0.1) is 0 Å². The van der Waals surface area contributed by atoms with E-state index in [1.54, 1.807) is 27.7 Å². The van der Waals surface area contributed by atoms with E-state index in [-0.39, 0.29) is 37.4 Å². The van der Waals surface area contributed by atoms with Gasteiger partial charge >= 0.3 is 17.9 Å². The monoisotopic (exact) mass is 706 g/mol. The molecule has 0 spiro atoms. The van der Waals surface area contributed by atoms with E-state index < -0.39 is 35.7 Å². The molecule has 2 N–H and O–H groups in total. The van der Waals surface area contributed by atoms with E-state index in [0.717, 1.165) is 0 Å². The summed E-state index contributed by atoms with van der Waals surface area (Å²) in [7, 11) is 0. The third kappa shape index (κ3) is 31.1. The highest BCUT2D eigenvalue weighted by atomic mass is 16.6. The fraction of sp³-hybridized carbons (Fsp3) is 0.861. The van der Waals surface area contributed by atoms with Crippen LogP contribution in [-0.4, -0.2) is 150 Å². The van der Waals surface area contributed by atoms with Crippen molar-refractivity contribution in [2.45, 2.75) is 128 Å². The Bertz CT molecular complexity index is 903. The average Bonchev–Trinajstić information content (AvgIpc) is 3.01. The van der Waals surface area contributed by atoms with Gasteiger partial charge < -0.3 is 19.9 Å². The van der Waals surface area contributed by atoms with Crippen LogP contribution in [0.15, 0.2) is 0 Å². The van der Waals surface area contributed by atoms with Crippen LogP contribution in [0.25, 0.3) is 0 Å². The molecule has 1 aliphatic heterocycles. The van der Waals surface area contributed by atoms with Crippen molar-refractivity contribution in [3.05, 3.63) is 0 Å². The SMILES string of the molecule is CC.CC.CC.CC.CC(=O)CN1CCN(CC(=O)OC(C)(C)C)CCN(CC(=O)OC(C)(C)C)CCN(C(C)C(=O)NCC(=O)O)CC1. The van der Waals surface area contributed by atoms with Gasteiger partial charge in [0.1, 0.15) is 23.5 Å². The number of hydrogen-bond acceptors (Lipinski definition) is 11. The van der Waals surface area contributed by atoms with Gasteiger partial charge in [-0.05, 0) is 55.4 Å². The number of hydrogen-bond donors (Lipinski definition) is 2.